The first-order chi connectivity index (χ1) is 33.8. The second-order valence-corrected chi connectivity index (χ2v) is 43.6. The molecule has 4 aliphatic carbocycles. The van der Waals surface area contributed by atoms with Gasteiger partial charge in [0.05, 0.1) is 0 Å². The monoisotopic (exact) mass is 1020 g/mol. The van der Waals surface area contributed by atoms with Gasteiger partial charge in [0, 0.05) is 0 Å². The van der Waals surface area contributed by atoms with Crippen LogP contribution in [0.5, 0.6) is 0 Å². The van der Waals surface area contributed by atoms with Gasteiger partial charge in [-0.25, -0.2) is 0 Å². The van der Waals surface area contributed by atoms with Crippen molar-refractivity contribution in [1.82, 2.24) is 0 Å². The number of hydrogen-bond acceptors (Lipinski definition) is 0. The minimum atomic E-state index is -2.74. The van der Waals surface area contributed by atoms with E-state index in [1.807, 2.05) is 11.1 Å². The van der Waals surface area contributed by atoms with Gasteiger partial charge in [0.1, 0.15) is 0 Å². The molecule has 0 nitrogen and oxygen atoms in total. The fourth-order valence-electron chi connectivity index (χ4n) is 14.4. The van der Waals surface area contributed by atoms with Crippen molar-refractivity contribution in [3.8, 4) is 44.5 Å². The van der Waals surface area contributed by atoms with Crippen LogP contribution in [-0.2, 0) is 20.9 Å². The van der Waals surface area contributed by atoms with Crippen LogP contribution in [0.15, 0.2) is 108 Å². The Kier molecular flexibility index (Phi) is 15.0. The number of aryl methyl sites for hydroxylation is 8. The van der Waals surface area contributed by atoms with E-state index in [-0.39, 0.29) is 0 Å². The molecule has 0 aliphatic heterocycles. The molecular formula is C68H81SiZr. The molecule has 4 aliphatic rings. The van der Waals surface area contributed by atoms with Crippen LogP contribution in [-0.4, -0.2) is 5.92 Å². The van der Waals surface area contributed by atoms with Gasteiger partial charge in [-0.2, -0.15) is 0 Å². The Morgan fingerprint density at radius 2 is 0.643 bits per heavy atom. The van der Waals surface area contributed by atoms with Gasteiger partial charge in [0.15, 0.2) is 0 Å². The van der Waals surface area contributed by atoms with E-state index in [1.54, 1.807) is 22.3 Å². The fraction of sp³-hybridized carbons (Fsp3) is 0.412. The summed E-state index contributed by atoms with van der Waals surface area (Å²) in [6, 6.07) is 39.7. The average Bonchev–Trinajstić information content (AvgIpc) is 3.55. The molecule has 70 heavy (non-hydrogen) atoms. The summed E-state index contributed by atoms with van der Waals surface area (Å²) in [5.41, 5.74) is 32.8. The van der Waals surface area contributed by atoms with E-state index >= 15 is 0 Å². The average molecular weight is 1020 g/mol. The Labute approximate surface area is 432 Å². The summed E-state index contributed by atoms with van der Waals surface area (Å²) in [6.07, 6.45) is 25.1. The molecule has 6 aromatic carbocycles. The molecule has 0 spiro atoms. The zero-order valence-corrected chi connectivity index (χ0v) is 48.3. The van der Waals surface area contributed by atoms with Crippen molar-refractivity contribution in [2.24, 2.45) is 11.8 Å². The molecule has 2 fully saturated rings. The van der Waals surface area contributed by atoms with Crippen LogP contribution in [0.2, 0.25) is 13.1 Å². The van der Waals surface area contributed by atoms with Crippen molar-refractivity contribution in [2.45, 2.75) is 166 Å². The maximum atomic E-state index is 2.86. The van der Waals surface area contributed by atoms with Crippen molar-refractivity contribution in [1.29, 1.82) is 0 Å². The molecule has 2 atom stereocenters. The summed E-state index contributed by atoms with van der Waals surface area (Å²) in [5, 5.41) is 0. The van der Waals surface area contributed by atoms with E-state index in [4.69, 9.17) is 0 Å². The molecule has 2 saturated carbocycles. The minimum absolute atomic E-state index is 0.541. The third kappa shape index (κ3) is 10.4. The molecular weight excluding hydrogens is 936 g/mol. The molecule has 6 aromatic rings. The van der Waals surface area contributed by atoms with Crippen molar-refractivity contribution < 1.29 is 20.9 Å². The molecule has 0 amide bonds. The molecule has 2 heteroatoms. The molecule has 0 radical (unpaired) electrons. The van der Waals surface area contributed by atoms with Gasteiger partial charge in [0.25, 0.3) is 0 Å². The predicted octanol–water partition coefficient (Wildman–Crippen LogP) is 19.7. The normalized spacial score (nSPS) is 18.6. The van der Waals surface area contributed by atoms with Crippen LogP contribution in [0.4, 0.5) is 0 Å². The molecule has 0 saturated heterocycles. The Bertz CT molecular complexity index is 2700. The van der Waals surface area contributed by atoms with Crippen LogP contribution in [0, 0.1) is 67.2 Å². The van der Waals surface area contributed by atoms with Gasteiger partial charge in [0.2, 0.25) is 0 Å². The topological polar surface area (TPSA) is 0 Å². The van der Waals surface area contributed by atoms with Gasteiger partial charge >= 0.3 is 436 Å². The Balaban J connectivity index is 1.27. The molecule has 361 valence electrons. The summed E-state index contributed by atoms with van der Waals surface area (Å²) in [4.78, 5) is 0. The summed E-state index contributed by atoms with van der Waals surface area (Å²) < 4.78 is 1.08. The molecule has 0 heterocycles. The first-order valence-corrected chi connectivity index (χ1v) is 37.7. The second-order valence-electron chi connectivity index (χ2n) is 23.6. The third-order valence-electron chi connectivity index (χ3n) is 17.0. The van der Waals surface area contributed by atoms with Crippen LogP contribution >= 0.6 is 0 Å². The zero-order valence-electron chi connectivity index (χ0n) is 44.7. The van der Waals surface area contributed by atoms with Gasteiger partial charge in [-0.3, -0.25) is 0 Å². The Morgan fingerprint density at radius 3 is 0.929 bits per heavy atom. The number of rotatable bonds is 11. The van der Waals surface area contributed by atoms with E-state index in [9.17, 15) is 0 Å². The zero-order chi connectivity index (χ0) is 48.8. The van der Waals surface area contributed by atoms with Crippen molar-refractivity contribution in [3.63, 3.8) is 0 Å². The van der Waals surface area contributed by atoms with Crippen molar-refractivity contribution in [3.05, 3.63) is 175 Å². The molecule has 10 rings (SSSR count). The number of hydrogen-bond donors (Lipinski definition) is 0. The summed E-state index contributed by atoms with van der Waals surface area (Å²) in [5.74, 6) is 0.268. The van der Waals surface area contributed by atoms with Crippen LogP contribution < -0.4 is 0 Å². The van der Waals surface area contributed by atoms with Gasteiger partial charge < -0.3 is 0 Å². The quantitative estimate of drug-likeness (QED) is 0.0896. The number of benzene rings is 6. The second kappa shape index (κ2) is 21.2. The standard InChI is InChI=1S/2C33H37.C2H7Si.Zr/c2*1-22-13-23(2)16-28(15-22)30-11-12-31(29-17-24(3)14-25(4)18-29)33-21-27(20-32(30)33)19-26-9-7-5-6-8-10-26;1-3-2;/h2*11-18,20-21,26H,5-10,19H2,1-4H3;3H,1-2H3;. The SMILES string of the molecule is Cc1cc(C)cc(-c2ccc(-c3cc(C)cc(C)c3)c3c2C=C(CC2CCCCCC2)[CH]3[Zr]([CH]2C(CC3CCCCCC3)=Cc3c(-c4cc(C)cc(C)c4)ccc(-c4cc(C)cc(C)c4)c32)[SiH](C)C)c1. The fourth-order valence-corrected chi connectivity index (χ4v) is 37.1. The van der Waals surface area contributed by atoms with Gasteiger partial charge in [-0.05, 0) is 0 Å². The first kappa shape index (κ1) is 49.5. The Morgan fingerprint density at radius 1 is 0.371 bits per heavy atom. The first-order valence-electron chi connectivity index (χ1n) is 27.7. The molecule has 0 aromatic heterocycles. The van der Waals surface area contributed by atoms with E-state index in [0.29, 0.717) is 7.25 Å². The number of fused-ring (bicyclic) bond motifs is 2. The third-order valence-corrected chi connectivity index (χ3v) is 38.6. The number of allylic oxidation sites excluding steroid dienone is 2. The van der Waals surface area contributed by atoms with E-state index in [2.05, 4.69) is 178 Å². The van der Waals surface area contributed by atoms with Gasteiger partial charge in [-0.1, -0.05) is 0 Å². The van der Waals surface area contributed by atoms with Crippen LogP contribution in [0.1, 0.15) is 164 Å². The maximum absolute atomic E-state index is 2.86. The van der Waals surface area contributed by atoms with Crippen LogP contribution in [0.25, 0.3) is 56.7 Å². The summed E-state index contributed by atoms with van der Waals surface area (Å²) in [6.45, 7) is 24.1. The van der Waals surface area contributed by atoms with E-state index in [1.165, 1.54) is 179 Å². The molecule has 0 N–H and O–H groups in total. The van der Waals surface area contributed by atoms with Crippen molar-refractivity contribution in [2.75, 3.05) is 0 Å². The summed E-state index contributed by atoms with van der Waals surface area (Å²) in [7, 11) is 0. The predicted molar refractivity (Wildman–Crippen MR) is 304 cm³/mol. The summed E-state index contributed by atoms with van der Waals surface area (Å²) >= 11 is -2.74. The van der Waals surface area contributed by atoms with Crippen LogP contribution in [0.3, 0.4) is 0 Å². The van der Waals surface area contributed by atoms with E-state index < -0.39 is 26.8 Å². The van der Waals surface area contributed by atoms with Gasteiger partial charge in [-0.15, -0.1) is 0 Å². The van der Waals surface area contributed by atoms with E-state index in [0.717, 1.165) is 11.8 Å². The Hall–Kier alpha value is -4.10. The van der Waals surface area contributed by atoms with Crippen molar-refractivity contribution >= 4 is 18.1 Å². The molecule has 0 bridgehead atoms. The molecule has 2 unspecified atom stereocenters.